The summed E-state index contributed by atoms with van der Waals surface area (Å²) in [5.41, 5.74) is 0.666. The quantitative estimate of drug-likeness (QED) is 0.556. The van der Waals surface area contributed by atoms with Crippen LogP contribution in [0.3, 0.4) is 0 Å². The lowest BCUT2D eigenvalue weighted by Crippen LogP contribution is -2.35. The minimum Gasteiger partial charge on any atom is -0.448 e. The Kier molecular flexibility index (Phi) is 3.74. The van der Waals surface area contributed by atoms with Gasteiger partial charge in [0.15, 0.2) is 0 Å². The smallest absolute Gasteiger partial charge is 0.448 e. The number of benzene rings is 1. The van der Waals surface area contributed by atoms with Crippen molar-refractivity contribution in [2.75, 3.05) is 13.5 Å². The van der Waals surface area contributed by atoms with Crippen molar-refractivity contribution in [2.45, 2.75) is 6.54 Å². The Labute approximate surface area is 85.8 Å². The summed E-state index contributed by atoms with van der Waals surface area (Å²) >= 11 is 0. The van der Waals surface area contributed by atoms with E-state index in [-0.39, 0.29) is 12.4 Å². The Morgan fingerprint density at radius 3 is 2.13 bits per heavy atom. The first-order valence-electron chi connectivity index (χ1n) is 4.51. The molecule has 15 heavy (non-hydrogen) atoms. The summed E-state index contributed by atoms with van der Waals surface area (Å²) in [6, 6.07) is 5.44. The van der Waals surface area contributed by atoms with Crippen LogP contribution in [-0.2, 0) is 6.54 Å². The summed E-state index contributed by atoms with van der Waals surface area (Å²) in [7, 11) is 1.39. The first-order chi connectivity index (χ1) is 6.87. The Bertz CT molecular complexity index is 309. The summed E-state index contributed by atoms with van der Waals surface area (Å²) in [6.07, 6.45) is -0.905. The van der Waals surface area contributed by atoms with Crippen molar-refractivity contribution in [2.24, 2.45) is 0 Å². The third-order valence-electron chi connectivity index (χ3n) is 1.88. The van der Waals surface area contributed by atoms with E-state index < -0.39 is 13.4 Å². The maximum Gasteiger partial charge on any atom is 0.492 e. The fourth-order valence-electron chi connectivity index (χ4n) is 1.32. The molecule has 1 aromatic carbocycles. The van der Waals surface area contributed by atoms with Gasteiger partial charge in [0.1, 0.15) is 5.82 Å². The van der Waals surface area contributed by atoms with Gasteiger partial charge in [0.25, 0.3) is 0 Å². The molecular weight excluding hydrogens is 209 g/mol. The average molecular weight is 220 g/mol. The predicted molar refractivity (Wildman–Crippen MR) is 51.8 cm³/mol. The summed E-state index contributed by atoms with van der Waals surface area (Å²) in [6.45, 7) is -4.63. The van der Waals surface area contributed by atoms with Crippen molar-refractivity contribution in [3.63, 3.8) is 0 Å². The molecule has 1 aromatic rings. The molecule has 6 heteroatoms. The fourth-order valence-corrected chi connectivity index (χ4v) is 1.32. The van der Waals surface area contributed by atoms with Gasteiger partial charge in [-0.3, -0.25) is 0 Å². The lowest BCUT2D eigenvalue weighted by molar-refractivity contribution is 0.322. The molecule has 0 aliphatic carbocycles. The number of hydrogen-bond acceptors (Lipinski definition) is 1. The molecule has 0 atom stereocenters. The predicted octanol–water partition coefficient (Wildman–Crippen LogP) is 2.64. The zero-order chi connectivity index (χ0) is 11.5. The molecular formula is C9H11BF4N-. The molecule has 0 aliphatic rings. The highest BCUT2D eigenvalue weighted by atomic mass is 19.4. The van der Waals surface area contributed by atoms with E-state index in [1.54, 1.807) is 0 Å². The number of halogens is 4. The number of hydrogen-bond donors (Lipinski definition) is 0. The highest BCUT2D eigenvalue weighted by Gasteiger charge is 2.24. The Hall–Kier alpha value is -1.04. The highest BCUT2D eigenvalue weighted by Crippen LogP contribution is 2.12. The minimum absolute atomic E-state index is 0.168. The molecule has 0 aliphatic heterocycles. The van der Waals surface area contributed by atoms with Crippen LogP contribution in [0.4, 0.5) is 17.3 Å². The van der Waals surface area contributed by atoms with E-state index in [0.29, 0.717) is 5.56 Å². The van der Waals surface area contributed by atoms with Crippen LogP contribution in [-0.4, -0.2) is 25.4 Å². The van der Waals surface area contributed by atoms with Crippen molar-refractivity contribution in [3.8, 4) is 0 Å². The second-order valence-corrected chi connectivity index (χ2v) is 3.53. The van der Waals surface area contributed by atoms with Crippen LogP contribution in [0.15, 0.2) is 24.3 Å². The Morgan fingerprint density at radius 1 is 1.13 bits per heavy atom. The van der Waals surface area contributed by atoms with Gasteiger partial charge in [0.2, 0.25) is 0 Å². The van der Waals surface area contributed by atoms with Gasteiger partial charge in [-0.05, 0) is 31.2 Å². The van der Waals surface area contributed by atoms with Crippen LogP contribution >= 0.6 is 0 Å². The molecule has 1 rings (SSSR count). The van der Waals surface area contributed by atoms with Crippen LogP contribution in [0.1, 0.15) is 5.56 Å². The molecule has 0 amide bonds. The third-order valence-corrected chi connectivity index (χ3v) is 1.88. The van der Waals surface area contributed by atoms with Crippen molar-refractivity contribution in [3.05, 3.63) is 35.6 Å². The topological polar surface area (TPSA) is 3.24 Å². The SMILES string of the molecule is CN(Cc1ccc(F)cc1)C[B-](F)(F)F. The largest absolute Gasteiger partial charge is 0.492 e. The second kappa shape index (κ2) is 4.66. The van der Waals surface area contributed by atoms with Crippen molar-refractivity contribution in [1.82, 2.24) is 4.90 Å². The van der Waals surface area contributed by atoms with E-state index in [1.807, 2.05) is 0 Å². The summed E-state index contributed by atoms with van der Waals surface area (Å²) in [5, 5.41) is 0. The average Bonchev–Trinajstić information content (AvgIpc) is 2.05. The second-order valence-electron chi connectivity index (χ2n) is 3.53. The third kappa shape index (κ3) is 4.83. The molecule has 0 unspecified atom stereocenters. The van der Waals surface area contributed by atoms with Gasteiger partial charge in [-0.1, -0.05) is 12.1 Å². The maximum absolute atomic E-state index is 12.5. The normalized spacial score (nSPS) is 12.1. The molecule has 84 valence electrons. The molecule has 0 N–H and O–H groups in total. The molecule has 0 saturated heterocycles. The highest BCUT2D eigenvalue weighted by molar-refractivity contribution is 6.58. The van der Waals surface area contributed by atoms with Crippen molar-refractivity contribution in [1.29, 1.82) is 0 Å². The number of nitrogens with zero attached hydrogens (tertiary/aromatic N) is 1. The molecule has 1 nitrogen and oxygen atoms in total. The Balaban J connectivity index is 2.51. The molecule has 0 bridgehead atoms. The lowest BCUT2D eigenvalue weighted by Gasteiger charge is -2.23. The van der Waals surface area contributed by atoms with Crippen LogP contribution in [0, 0.1) is 5.82 Å². The van der Waals surface area contributed by atoms with Crippen LogP contribution in [0.25, 0.3) is 0 Å². The zero-order valence-electron chi connectivity index (χ0n) is 8.26. The first kappa shape index (κ1) is 12.0. The van der Waals surface area contributed by atoms with E-state index in [4.69, 9.17) is 0 Å². The van der Waals surface area contributed by atoms with Crippen LogP contribution in [0.5, 0.6) is 0 Å². The standard InChI is InChI=1S/C9H11BF4N/c1-15(7-10(12,13)14)6-8-2-4-9(11)5-3-8/h2-5H,6-7H2,1H3/q-1. The van der Waals surface area contributed by atoms with Crippen LogP contribution in [0.2, 0.25) is 0 Å². The molecule has 0 heterocycles. The molecule has 0 fully saturated rings. The van der Waals surface area contributed by atoms with Gasteiger partial charge in [-0.15, -0.1) is 0 Å². The number of rotatable bonds is 4. The molecule has 0 radical (unpaired) electrons. The van der Waals surface area contributed by atoms with Gasteiger partial charge < -0.3 is 17.8 Å². The monoisotopic (exact) mass is 220 g/mol. The van der Waals surface area contributed by atoms with Crippen molar-refractivity contribution >= 4 is 6.98 Å². The van der Waals surface area contributed by atoms with E-state index in [1.165, 1.54) is 31.3 Å². The summed E-state index contributed by atoms with van der Waals surface area (Å²) < 4.78 is 48.6. The van der Waals surface area contributed by atoms with E-state index in [2.05, 4.69) is 0 Å². The molecule has 0 spiro atoms. The van der Waals surface area contributed by atoms with E-state index in [0.717, 1.165) is 4.90 Å². The van der Waals surface area contributed by atoms with Crippen LogP contribution < -0.4 is 0 Å². The summed E-state index contributed by atoms with van der Waals surface area (Å²) in [5.74, 6) is -0.388. The van der Waals surface area contributed by atoms with Crippen molar-refractivity contribution < 1.29 is 17.3 Å². The van der Waals surface area contributed by atoms with Gasteiger partial charge in [0.05, 0.1) is 0 Å². The van der Waals surface area contributed by atoms with Gasteiger partial charge in [-0.25, -0.2) is 4.39 Å². The molecule has 0 aromatic heterocycles. The first-order valence-corrected chi connectivity index (χ1v) is 4.51. The molecule has 0 saturated carbocycles. The van der Waals surface area contributed by atoms with Gasteiger partial charge >= 0.3 is 6.98 Å². The van der Waals surface area contributed by atoms with E-state index >= 15 is 0 Å². The minimum atomic E-state index is -4.80. The van der Waals surface area contributed by atoms with E-state index in [9.17, 15) is 17.3 Å². The summed E-state index contributed by atoms with van der Waals surface area (Å²) in [4.78, 5) is 1.16. The fraction of sp³-hybridized carbons (Fsp3) is 0.333. The van der Waals surface area contributed by atoms with Gasteiger partial charge in [-0.2, -0.15) is 0 Å². The van der Waals surface area contributed by atoms with Gasteiger partial charge in [0, 0.05) is 6.54 Å². The lowest BCUT2D eigenvalue weighted by atomic mass is 9.91. The zero-order valence-corrected chi connectivity index (χ0v) is 8.26. The Morgan fingerprint density at radius 2 is 1.67 bits per heavy atom. The maximum atomic E-state index is 12.5.